The fraction of sp³-hybridized carbons (Fsp3) is 0.318. The molecule has 0 spiro atoms. The molecule has 5 heterocycles. The lowest BCUT2D eigenvalue weighted by Crippen LogP contribution is -2.44. The van der Waals surface area contributed by atoms with Crippen LogP contribution in [-0.2, 0) is 36.1 Å². The molecule has 1 N–H and O–H groups in total. The van der Waals surface area contributed by atoms with Gasteiger partial charge in [0.25, 0.3) is 5.91 Å². The van der Waals surface area contributed by atoms with Crippen LogP contribution in [0.1, 0.15) is 34.5 Å². The summed E-state index contributed by atoms with van der Waals surface area (Å²) in [6.07, 6.45) is 3.36. The molecule has 0 unspecified atom stereocenters. The van der Waals surface area contributed by atoms with Gasteiger partial charge in [0.1, 0.15) is 22.9 Å². The van der Waals surface area contributed by atoms with Crippen LogP contribution in [0.5, 0.6) is 0 Å². The highest BCUT2D eigenvalue weighted by molar-refractivity contribution is 7.89. The van der Waals surface area contributed by atoms with E-state index in [0.717, 1.165) is 6.07 Å². The first-order valence-electron chi connectivity index (χ1n) is 11.5. The van der Waals surface area contributed by atoms with Gasteiger partial charge < -0.3 is 5.32 Å². The molecule has 11 nitrogen and oxygen atoms in total. The van der Waals surface area contributed by atoms with Gasteiger partial charge in [-0.15, -0.1) is 5.10 Å². The van der Waals surface area contributed by atoms with Crippen LogP contribution in [-0.4, -0.2) is 59.8 Å². The number of halogens is 5. The number of fused-ring (bicyclic) bond motifs is 2. The van der Waals surface area contributed by atoms with Crippen molar-refractivity contribution in [3.63, 3.8) is 0 Å². The Morgan fingerprint density at radius 1 is 1.21 bits per heavy atom. The number of nitrogens with one attached hydrogen (secondary N) is 1. The first-order chi connectivity index (χ1) is 18.4. The van der Waals surface area contributed by atoms with Crippen LogP contribution in [0.2, 0.25) is 5.02 Å². The van der Waals surface area contributed by atoms with E-state index in [-0.39, 0.29) is 34.7 Å². The minimum atomic E-state index is -5.54. The van der Waals surface area contributed by atoms with Gasteiger partial charge in [-0.25, -0.2) is 32.4 Å². The van der Waals surface area contributed by atoms with Gasteiger partial charge in [-0.2, -0.15) is 17.5 Å². The lowest BCUT2D eigenvalue weighted by atomic mass is 10.2. The normalized spacial score (nSPS) is 14.5. The minimum Gasteiger partial charge on any atom is -0.347 e. The highest BCUT2D eigenvalue weighted by atomic mass is 35.5. The lowest BCUT2D eigenvalue weighted by Gasteiger charge is -2.26. The number of aryl methyl sites for hydroxylation is 1. The van der Waals surface area contributed by atoms with E-state index in [1.54, 1.807) is 22.7 Å². The fourth-order valence-corrected chi connectivity index (χ4v) is 5.19. The second kappa shape index (κ2) is 9.84. The molecular formula is C22H19ClF4N8O3S. The number of carbonyl (C=O) groups excluding carboxylic acids is 1. The number of aromatic nitrogens is 6. The summed E-state index contributed by atoms with van der Waals surface area (Å²) >= 11 is 6.07. The van der Waals surface area contributed by atoms with Gasteiger partial charge in [-0.1, -0.05) is 18.5 Å². The maximum absolute atomic E-state index is 14.9. The molecule has 5 rings (SSSR count). The Morgan fingerprint density at radius 3 is 2.67 bits per heavy atom. The number of nitrogens with zero attached hydrogens (tertiary/aromatic N) is 7. The van der Waals surface area contributed by atoms with Gasteiger partial charge in [-0.3, -0.25) is 9.20 Å². The number of rotatable bonds is 6. The topological polar surface area (TPSA) is 127 Å². The third-order valence-electron chi connectivity index (χ3n) is 6.03. The van der Waals surface area contributed by atoms with Gasteiger partial charge in [0, 0.05) is 25.5 Å². The Kier molecular flexibility index (Phi) is 6.80. The van der Waals surface area contributed by atoms with Crippen LogP contribution in [0.25, 0.3) is 17.2 Å². The van der Waals surface area contributed by atoms with E-state index in [2.05, 4.69) is 25.4 Å². The van der Waals surface area contributed by atoms with Crippen molar-refractivity contribution in [3.8, 4) is 11.5 Å². The van der Waals surface area contributed by atoms with Crippen LogP contribution in [0.3, 0.4) is 0 Å². The third-order valence-corrected chi connectivity index (χ3v) is 7.83. The van der Waals surface area contributed by atoms with Crippen molar-refractivity contribution in [2.45, 2.75) is 38.5 Å². The number of hydrogen-bond donors (Lipinski definition) is 1. The molecule has 0 saturated carbocycles. The number of pyridine rings is 2. The van der Waals surface area contributed by atoms with Gasteiger partial charge in [0.15, 0.2) is 5.82 Å². The van der Waals surface area contributed by atoms with Crippen molar-refractivity contribution < 1.29 is 30.8 Å². The van der Waals surface area contributed by atoms with Crippen molar-refractivity contribution in [1.29, 1.82) is 0 Å². The molecule has 0 fully saturated rings. The summed E-state index contributed by atoms with van der Waals surface area (Å²) in [6.45, 7) is 0.446. The zero-order chi connectivity index (χ0) is 28.1. The second-order valence-corrected chi connectivity index (χ2v) is 10.9. The molecule has 4 aromatic rings. The van der Waals surface area contributed by atoms with Gasteiger partial charge in [0.05, 0.1) is 23.8 Å². The molecule has 17 heteroatoms. The van der Waals surface area contributed by atoms with E-state index in [9.17, 15) is 30.8 Å². The second-order valence-electron chi connectivity index (χ2n) is 8.55. The van der Waals surface area contributed by atoms with E-state index < -0.39 is 40.3 Å². The fourth-order valence-electron chi connectivity index (χ4n) is 4.12. The van der Waals surface area contributed by atoms with Crippen molar-refractivity contribution in [3.05, 3.63) is 64.2 Å². The van der Waals surface area contributed by atoms with Crippen molar-refractivity contribution >= 4 is 33.2 Å². The summed E-state index contributed by atoms with van der Waals surface area (Å²) in [7, 11) is -5.54. The summed E-state index contributed by atoms with van der Waals surface area (Å²) in [5.41, 5.74) is -4.00. The Balaban J connectivity index is 1.32. The highest BCUT2D eigenvalue weighted by Gasteiger charge is 2.50. The molecule has 39 heavy (non-hydrogen) atoms. The number of imidazole rings is 1. The summed E-state index contributed by atoms with van der Waals surface area (Å²) in [5, 5.41) is 7.19. The largest absolute Gasteiger partial charge is 0.511 e. The highest BCUT2D eigenvalue weighted by Crippen LogP contribution is 2.30. The molecule has 206 valence electrons. The first-order valence-corrected chi connectivity index (χ1v) is 13.3. The number of hydrogen-bond acceptors (Lipinski definition) is 7. The average Bonchev–Trinajstić information content (AvgIpc) is 3.47. The van der Waals surface area contributed by atoms with Crippen LogP contribution in [0.4, 0.5) is 17.6 Å². The molecule has 1 aliphatic rings. The molecule has 0 saturated heterocycles. The van der Waals surface area contributed by atoms with Crippen LogP contribution < -0.4 is 5.32 Å². The smallest absolute Gasteiger partial charge is 0.347 e. The monoisotopic (exact) mass is 586 g/mol. The Hall–Kier alpha value is -3.63. The van der Waals surface area contributed by atoms with Gasteiger partial charge >= 0.3 is 15.5 Å². The predicted octanol–water partition coefficient (Wildman–Crippen LogP) is 2.94. The van der Waals surface area contributed by atoms with Gasteiger partial charge in [-0.05, 0) is 30.2 Å². The number of sulfonamides is 1. The number of alkyl halides is 3. The lowest BCUT2D eigenvalue weighted by molar-refractivity contribution is -0.0496. The van der Waals surface area contributed by atoms with E-state index in [0.29, 0.717) is 34.0 Å². The molecule has 1 aliphatic heterocycles. The molecule has 4 aromatic heterocycles. The molecule has 0 bridgehead atoms. The third kappa shape index (κ3) is 4.94. The molecule has 1 amide bonds. The summed E-state index contributed by atoms with van der Waals surface area (Å²) < 4.78 is 80.1. The standard InChI is InChI=1S/C22H19ClF4N8O3S/c1-2-15-19(34-10-13(23)3-4-16(34)30-15)21(36)29-9-12-7-14(24)18(28-8-12)20-31-17-11-33(5-6-35(17)32-20)39(37,38)22(25,26)27/h3-4,7-8,10H,2,5-6,9,11H2,1H3,(H,29,36). The molecule has 0 atom stereocenters. The van der Waals surface area contributed by atoms with Crippen LogP contribution >= 0.6 is 11.6 Å². The Morgan fingerprint density at radius 2 is 1.97 bits per heavy atom. The molecule has 0 aromatic carbocycles. The molecular weight excluding hydrogens is 568 g/mol. The maximum atomic E-state index is 14.9. The summed E-state index contributed by atoms with van der Waals surface area (Å²) in [5.74, 6) is -1.57. The molecule has 0 aliphatic carbocycles. The quantitative estimate of drug-likeness (QED) is 0.344. The zero-order valence-electron chi connectivity index (χ0n) is 20.1. The Bertz CT molecular complexity index is 1700. The SMILES string of the molecule is CCc1nc2ccc(Cl)cn2c1C(=O)NCc1cnc(-c2nc3n(n2)CCN(S(=O)(=O)C(F)(F)F)C3)c(F)c1. The van der Waals surface area contributed by atoms with Gasteiger partial charge in [0.2, 0.25) is 5.82 Å². The zero-order valence-corrected chi connectivity index (χ0v) is 21.6. The average molecular weight is 587 g/mol. The van der Waals surface area contributed by atoms with E-state index in [1.807, 2.05) is 6.92 Å². The predicted molar refractivity (Wildman–Crippen MR) is 129 cm³/mol. The van der Waals surface area contributed by atoms with Crippen molar-refractivity contribution in [2.24, 2.45) is 0 Å². The summed E-state index contributed by atoms with van der Waals surface area (Å²) in [4.78, 5) is 25.4. The van der Waals surface area contributed by atoms with Crippen molar-refractivity contribution in [2.75, 3.05) is 6.54 Å². The van der Waals surface area contributed by atoms with Crippen molar-refractivity contribution in [1.82, 2.24) is 38.8 Å². The van der Waals surface area contributed by atoms with E-state index >= 15 is 0 Å². The van der Waals surface area contributed by atoms with E-state index in [1.165, 1.54) is 10.9 Å². The maximum Gasteiger partial charge on any atom is 0.511 e. The van der Waals surface area contributed by atoms with Crippen LogP contribution in [0, 0.1) is 5.82 Å². The molecule has 0 radical (unpaired) electrons. The number of amides is 1. The summed E-state index contributed by atoms with van der Waals surface area (Å²) in [6, 6.07) is 4.47. The van der Waals surface area contributed by atoms with Crippen LogP contribution in [0.15, 0.2) is 30.6 Å². The first kappa shape index (κ1) is 27.0. The number of carbonyl (C=O) groups is 1. The Labute approximate surface area is 223 Å². The van der Waals surface area contributed by atoms with E-state index in [4.69, 9.17) is 11.6 Å². The minimum absolute atomic E-state index is 0.0721.